The van der Waals surface area contributed by atoms with Crippen molar-refractivity contribution in [3.63, 3.8) is 0 Å². The molecule has 1 N–H and O–H groups in total. The third-order valence-electron chi connectivity index (χ3n) is 4.21. The molecule has 4 heteroatoms. The van der Waals surface area contributed by atoms with E-state index in [1.165, 1.54) is 4.90 Å². The first-order chi connectivity index (χ1) is 8.10. The van der Waals surface area contributed by atoms with E-state index in [1.807, 2.05) is 6.92 Å². The molecule has 1 saturated heterocycles. The van der Waals surface area contributed by atoms with Crippen LogP contribution in [0, 0.1) is 17.8 Å². The summed E-state index contributed by atoms with van der Waals surface area (Å²) < 4.78 is 0. The summed E-state index contributed by atoms with van der Waals surface area (Å²) in [7, 11) is 0. The molecule has 0 aromatic rings. The maximum absolute atomic E-state index is 12.2. The van der Waals surface area contributed by atoms with Crippen molar-refractivity contribution in [2.75, 3.05) is 6.61 Å². The van der Waals surface area contributed by atoms with Crippen molar-refractivity contribution >= 4 is 11.8 Å². The van der Waals surface area contributed by atoms with Gasteiger partial charge in [0.1, 0.15) is 0 Å². The van der Waals surface area contributed by atoms with Gasteiger partial charge in [-0.25, -0.2) is 0 Å². The average molecular weight is 239 g/mol. The third kappa shape index (κ3) is 1.99. The van der Waals surface area contributed by atoms with E-state index in [0.29, 0.717) is 12.3 Å². The minimum absolute atomic E-state index is 0.00431. The lowest BCUT2D eigenvalue weighted by Crippen LogP contribution is -2.41. The molecule has 0 aromatic heterocycles. The van der Waals surface area contributed by atoms with Crippen LogP contribution in [0.25, 0.3) is 0 Å². The second-order valence-corrected chi connectivity index (χ2v) is 5.41. The summed E-state index contributed by atoms with van der Waals surface area (Å²) in [5.74, 6) is 0.336. The van der Waals surface area contributed by atoms with Gasteiger partial charge in [0.15, 0.2) is 0 Å². The van der Waals surface area contributed by atoms with Gasteiger partial charge in [-0.3, -0.25) is 14.5 Å². The first-order valence-corrected chi connectivity index (χ1v) is 6.57. The predicted molar refractivity (Wildman–Crippen MR) is 63.0 cm³/mol. The molecule has 2 rings (SSSR count). The highest BCUT2D eigenvalue weighted by molar-refractivity contribution is 6.05. The summed E-state index contributed by atoms with van der Waals surface area (Å²) in [6.45, 7) is 4.09. The maximum Gasteiger partial charge on any atom is 0.233 e. The molecule has 0 spiro atoms. The van der Waals surface area contributed by atoms with Crippen LogP contribution in [0.5, 0.6) is 0 Å². The predicted octanol–water partition coefficient (Wildman–Crippen LogP) is 1.18. The van der Waals surface area contributed by atoms with Crippen LogP contribution >= 0.6 is 0 Å². The maximum atomic E-state index is 12.2. The molecule has 0 bridgehead atoms. The lowest BCUT2D eigenvalue weighted by Gasteiger charge is -2.26. The summed E-state index contributed by atoms with van der Waals surface area (Å²) in [5, 5.41) is 9.00. The highest BCUT2D eigenvalue weighted by atomic mass is 16.3. The first kappa shape index (κ1) is 12.6. The van der Waals surface area contributed by atoms with Gasteiger partial charge in [0.25, 0.3) is 0 Å². The Morgan fingerprint density at radius 2 is 1.82 bits per heavy atom. The molecule has 4 nitrogen and oxygen atoms in total. The Hall–Kier alpha value is -0.900. The van der Waals surface area contributed by atoms with Crippen molar-refractivity contribution in [2.45, 2.75) is 45.6 Å². The minimum atomic E-state index is -0.110. The topological polar surface area (TPSA) is 57.6 Å². The second-order valence-electron chi connectivity index (χ2n) is 5.41. The van der Waals surface area contributed by atoms with Gasteiger partial charge in [-0.05, 0) is 31.6 Å². The molecule has 1 saturated carbocycles. The van der Waals surface area contributed by atoms with Crippen LogP contribution in [0.15, 0.2) is 0 Å². The Labute approximate surface area is 102 Å². The van der Waals surface area contributed by atoms with Gasteiger partial charge in [-0.15, -0.1) is 0 Å². The van der Waals surface area contributed by atoms with Crippen LogP contribution in [-0.4, -0.2) is 34.5 Å². The molecule has 2 amide bonds. The number of imide groups is 1. The minimum Gasteiger partial charge on any atom is -0.396 e. The number of carbonyl (C=O) groups excluding carboxylic acids is 2. The summed E-state index contributed by atoms with van der Waals surface area (Å²) in [4.78, 5) is 25.9. The SMILES string of the molecule is CCC(CCO)N1C(=O)C2CC(C)CC2C1=O. The fraction of sp³-hybridized carbons (Fsp3) is 0.846. The number of hydrogen-bond acceptors (Lipinski definition) is 3. The number of aliphatic hydroxyl groups excluding tert-OH is 1. The van der Waals surface area contributed by atoms with Gasteiger partial charge >= 0.3 is 0 Å². The lowest BCUT2D eigenvalue weighted by atomic mass is 10.00. The van der Waals surface area contributed by atoms with Crippen LogP contribution in [-0.2, 0) is 9.59 Å². The van der Waals surface area contributed by atoms with E-state index < -0.39 is 0 Å². The average Bonchev–Trinajstić information content (AvgIpc) is 2.78. The Bertz CT molecular complexity index is 305. The van der Waals surface area contributed by atoms with E-state index in [1.54, 1.807) is 0 Å². The highest BCUT2D eigenvalue weighted by Gasteiger charge is 2.53. The zero-order valence-electron chi connectivity index (χ0n) is 10.6. The number of amides is 2. The Balaban J connectivity index is 2.16. The Morgan fingerprint density at radius 3 is 2.24 bits per heavy atom. The Morgan fingerprint density at radius 1 is 1.29 bits per heavy atom. The first-order valence-electron chi connectivity index (χ1n) is 6.57. The molecule has 1 aliphatic heterocycles. The summed E-state index contributed by atoms with van der Waals surface area (Å²) in [5.41, 5.74) is 0. The normalized spacial score (nSPS) is 34.3. The molecule has 17 heavy (non-hydrogen) atoms. The molecule has 96 valence electrons. The van der Waals surface area contributed by atoms with Crippen molar-refractivity contribution in [1.82, 2.24) is 4.90 Å². The van der Waals surface area contributed by atoms with Crippen molar-refractivity contribution in [3.8, 4) is 0 Å². The number of nitrogens with zero attached hydrogens (tertiary/aromatic N) is 1. The highest BCUT2D eigenvalue weighted by Crippen LogP contribution is 2.43. The number of carbonyl (C=O) groups is 2. The smallest absolute Gasteiger partial charge is 0.233 e. The molecule has 3 atom stereocenters. The number of hydrogen-bond donors (Lipinski definition) is 1. The molecule has 2 aliphatic rings. The number of rotatable bonds is 4. The summed E-state index contributed by atoms with van der Waals surface area (Å²) in [6, 6.07) is -0.110. The molecule has 2 fully saturated rings. The summed E-state index contributed by atoms with van der Waals surface area (Å²) in [6.07, 6.45) is 2.93. The number of fused-ring (bicyclic) bond motifs is 1. The van der Waals surface area contributed by atoms with E-state index in [4.69, 9.17) is 5.11 Å². The zero-order valence-corrected chi connectivity index (χ0v) is 10.6. The van der Waals surface area contributed by atoms with Crippen molar-refractivity contribution in [2.24, 2.45) is 17.8 Å². The molecule has 1 aliphatic carbocycles. The van der Waals surface area contributed by atoms with E-state index in [2.05, 4.69) is 6.92 Å². The molecule has 3 unspecified atom stereocenters. The van der Waals surface area contributed by atoms with Crippen LogP contribution in [0.1, 0.15) is 39.5 Å². The largest absolute Gasteiger partial charge is 0.396 e. The van der Waals surface area contributed by atoms with Gasteiger partial charge in [0.2, 0.25) is 11.8 Å². The van der Waals surface area contributed by atoms with Crippen LogP contribution < -0.4 is 0 Å². The van der Waals surface area contributed by atoms with Crippen LogP contribution in [0.2, 0.25) is 0 Å². The standard InChI is InChI=1S/C13H21NO3/c1-3-9(4-5-15)14-12(16)10-6-8(2)7-11(10)13(14)17/h8-11,15H,3-7H2,1-2H3. The van der Waals surface area contributed by atoms with Gasteiger partial charge in [0.05, 0.1) is 11.8 Å². The Kier molecular flexibility index (Phi) is 3.52. The molecule has 1 heterocycles. The molecular formula is C13H21NO3. The molecule has 0 radical (unpaired) electrons. The van der Waals surface area contributed by atoms with Gasteiger partial charge in [-0.2, -0.15) is 0 Å². The van der Waals surface area contributed by atoms with Crippen molar-refractivity contribution in [3.05, 3.63) is 0 Å². The fourth-order valence-corrected chi connectivity index (χ4v) is 3.33. The fourth-order valence-electron chi connectivity index (χ4n) is 3.33. The third-order valence-corrected chi connectivity index (χ3v) is 4.21. The monoisotopic (exact) mass is 239 g/mol. The van der Waals surface area contributed by atoms with E-state index in [9.17, 15) is 9.59 Å². The second kappa shape index (κ2) is 4.77. The van der Waals surface area contributed by atoms with Gasteiger partial charge in [0, 0.05) is 12.6 Å². The number of likely N-dealkylation sites (tertiary alicyclic amines) is 1. The van der Waals surface area contributed by atoms with E-state index in [0.717, 1.165) is 19.3 Å². The van der Waals surface area contributed by atoms with Crippen molar-refractivity contribution < 1.29 is 14.7 Å². The quantitative estimate of drug-likeness (QED) is 0.749. The molecular weight excluding hydrogens is 218 g/mol. The van der Waals surface area contributed by atoms with E-state index >= 15 is 0 Å². The number of aliphatic hydroxyl groups is 1. The van der Waals surface area contributed by atoms with Gasteiger partial charge in [-0.1, -0.05) is 13.8 Å². The van der Waals surface area contributed by atoms with E-state index in [-0.39, 0.29) is 36.3 Å². The lowest BCUT2D eigenvalue weighted by molar-refractivity contribution is -0.143. The van der Waals surface area contributed by atoms with Crippen LogP contribution in [0.4, 0.5) is 0 Å². The van der Waals surface area contributed by atoms with Crippen molar-refractivity contribution in [1.29, 1.82) is 0 Å². The zero-order chi connectivity index (χ0) is 12.6. The summed E-state index contributed by atoms with van der Waals surface area (Å²) >= 11 is 0. The van der Waals surface area contributed by atoms with Crippen LogP contribution in [0.3, 0.4) is 0 Å². The molecule has 0 aromatic carbocycles. The van der Waals surface area contributed by atoms with Gasteiger partial charge < -0.3 is 5.11 Å².